The number of fused-ring (bicyclic) bond motifs is 1. The molecule has 26 heavy (non-hydrogen) atoms. The number of aryl methyl sites for hydroxylation is 1. The van der Waals surface area contributed by atoms with Gasteiger partial charge < -0.3 is 10.1 Å². The predicted octanol–water partition coefficient (Wildman–Crippen LogP) is 2.75. The summed E-state index contributed by atoms with van der Waals surface area (Å²) in [5, 5.41) is 7.68. The number of hydrogen-bond donors (Lipinski definition) is 1. The Morgan fingerprint density at radius 1 is 1.31 bits per heavy atom. The van der Waals surface area contributed by atoms with Gasteiger partial charge in [0, 0.05) is 43.6 Å². The minimum Gasteiger partial charge on any atom is -0.376 e. The van der Waals surface area contributed by atoms with Gasteiger partial charge in [0.1, 0.15) is 5.82 Å². The van der Waals surface area contributed by atoms with Crippen LogP contribution < -0.4 is 5.32 Å². The number of carbonyl (C=O) groups excluding carboxylic acids is 1. The molecule has 4 rings (SSSR count). The van der Waals surface area contributed by atoms with E-state index in [2.05, 4.69) is 10.00 Å². The van der Waals surface area contributed by atoms with E-state index in [0.717, 1.165) is 36.7 Å². The van der Waals surface area contributed by atoms with Crippen molar-refractivity contribution in [1.29, 1.82) is 0 Å². The molecule has 1 amide bonds. The maximum atomic E-state index is 12.9. The molecule has 0 radical (unpaired) electrons. The van der Waals surface area contributed by atoms with Crippen LogP contribution >= 0.6 is 0 Å². The highest BCUT2D eigenvalue weighted by molar-refractivity contribution is 5.76. The van der Waals surface area contributed by atoms with Crippen molar-refractivity contribution in [2.24, 2.45) is 5.92 Å². The highest BCUT2D eigenvalue weighted by Gasteiger charge is 2.27. The quantitative estimate of drug-likeness (QED) is 0.829. The van der Waals surface area contributed by atoms with E-state index >= 15 is 0 Å². The van der Waals surface area contributed by atoms with Crippen LogP contribution in [0.2, 0.25) is 0 Å². The average molecular weight is 357 g/mol. The lowest BCUT2D eigenvalue weighted by molar-refractivity contribution is -0.121. The van der Waals surface area contributed by atoms with E-state index in [1.54, 1.807) is 12.1 Å². The van der Waals surface area contributed by atoms with Crippen LogP contribution in [0.3, 0.4) is 0 Å². The maximum Gasteiger partial charge on any atom is 0.220 e. The highest BCUT2D eigenvalue weighted by Crippen LogP contribution is 2.32. The van der Waals surface area contributed by atoms with Crippen molar-refractivity contribution in [2.75, 3.05) is 6.61 Å². The highest BCUT2D eigenvalue weighted by atomic mass is 19.1. The summed E-state index contributed by atoms with van der Waals surface area (Å²) in [7, 11) is 0. The van der Waals surface area contributed by atoms with Crippen molar-refractivity contribution >= 4 is 5.91 Å². The van der Waals surface area contributed by atoms with Gasteiger partial charge in [-0.25, -0.2) is 4.39 Å². The summed E-state index contributed by atoms with van der Waals surface area (Å²) in [6.45, 7) is 2.77. The van der Waals surface area contributed by atoms with Crippen LogP contribution in [0.1, 0.15) is 41.8 Å². The number of hydrogen-bond acceptors (Lipinski definition) is 3. The summed E-state index contributed by atoms with van der Waals surface area (Å²) < 4.78 is 20.7. The predicted molar refractivity (Wildman–Crippen MR) is 94.9 cm³/mol. The molecule has 138 valence electrons. The number of rotatable bonds is 7. The zero-order valence-electron chi connectivity index (χ0n) is 14.8. The molecule has 1 aromatic carbocycles. The molecule has 1 aromatic heterocycles. The molecule has 2 heterocycles. The second-order valence-electron chi connectivity index (χ2n) is 7.20. The monoisotopic (exact) mass is 357 g/mol. The maximum absolute atomic E-state index is 12.9. The molecule has 2 aromatic rings. The van der Waals surface area contributed by atoms with Gasteiger partial charge in [0.25, 0.3) is 0 Å². The summed E-state index contributed by atoms with van der Waals surface area (Å²) in [5.74, 6) is 0.485. The van der Waals surface area contributed by atoms with E-state index in [-0.39, 0.29) is 11.7 Å². The van der Waals surface area contributed by atoms with Gasteiger partial charge in [-0.2, -0.15) is 5.10 Å². The van der Waals surface area contributed by atoms with Crippen LogP contribution in [-0.4, -0.2) is 22.3 Å². The smallest absolute Gasteiger partial charge is 0.220 e. The van der Waals surface area contributed by atoms with Crippen LogP contribution in [0.15, 0.2) is 24.3 Å². The van der Waals surface area contributed by atoms with E-state index in [0.29, 0.717) is 26.0 Å². The third kappa shape index (κ3) is 4.12. The number of benzene rings is 1. The third-order valence-corrected chi connectivity index (χ3v) is 5.10. The van der Waals surface area contributed by atoms with Gasteiger partial charge in [0.2, 0.25) is 5.91 Å². The van der Waals surface area contributed by atoms with Crippen molar-refractivity contribution in [3.05, 3.63) is 52.6 Å². The van der Waals surface area contributed by atoms with Crippen molar-refractivity contribution < 1.29 is 13.9 Å². The number of nitrogens with one attached hydrogen (secondary N) is 1. The number of ether oxygens (including phenoxy) is 1. The van der Waals surface area contributed by atoms with Gasteiger partial charge in [0.05, 0.1) is 18.9 Å². The molecule has 0 atom stereocenters. The van der Waals surface area contributed by atoms with Gasteiger partial charge in [0.15, 0.2) is 0 Å². The van der Waals surface area contributed by atoms with E-state index in [1.807, 2.05) is 0 Å². The SMILES string of the molecule is O=C(CCc1nn(CC2CC2)c2c1COCC2)NCc1ccc(F)cc1. The van der Waals surface area contributed by atoms with E-state index in [9.17, 15) is 9.18 Å². The summed E-state index contributed by atoms with van der Waals surface area (Å²) in [6.07, 6.45) is 4.52. The molecular formula is C20H24FN3O2. The fraction of sp³-hybridized carbons (Fsp3) is 0.500. The summed E-state index contributed by atoms with van der Waals surface area (Å²) in [5.41, 5.74) is 4.37. The van der Waals surface area contributed by atoms with Crippen LogP contribution in [0.4, 0.5) is 4.39 Å². The van der Waals surface area contributed by atoms with Crippen LogP contribution in [-0.2, 0) is 42.1 Å². The Labute approximate surface area is 152 Å². The Bertz CT molecular complexity index is 781. The largest absolute Gasteiger partial charge is 0.376 e. The first-order chi connectivity index (χ1) is 12.7. The minimum atomic E-state index is -0.270. The van der Waals surface area contributed by atoms with Crippen LogP contribution in [0, 0.1) is 11.7 Å². The van der Waals surface area contributed by atoms with Gasteiger partial charge in [-0.1, -0.05) is 12.1 Å². The molecule has 1 aliphatic carbocycles. The molecule has 5 nitrogen and oxygen atoms in total. The number of aromatic nitrogens is 2. The van der Waals surface area contributed by atoms with Gasteiger partial charge in [-0.15, -0.1) is 0 Å². The number of amides is 1. The molecule has 2 aliphatic rings. The van der Waals surface area contributed by atoms with Gasteiger partial charge in [-0.05, 0) is 36.5 Å². The topological polar surface area (TPSA) is 56.2 Å². The first-order valence-electron chi connectivity index (χ1n) is 9.35. The van der Waals surface area contributed by atoms with Crippen molar-refractivity contribution in [2.45, 2.75) is 51.8 Å². The molecular weight excluding hydrogens is 333 g/mol. The van der Waals surface area contributed by atoms with Crippen molar-refractivity contribution in [3.8, 4) is 0 Å². The fourth-order valence-corrected chi connectivity index (χ4v) is 3.40. The summed E-state index contributed by atoms with van der Waals surface area (Å²) >= 11 is 0. The van der Waals surface area contributed by atoms with E-state index < -0.39 is 0 Å². The minimum absolute atomic E-state index is 0.0171. The lowest BCUT2D eigenvalue weighted by Gasteiger charge is -2.15. The molecule has 0 unspecified atom stereocenters. The normalized spacial score (nSPS) is 16.3. The van der Waals surface area contributed by atoms with Gasteiger partial charge >= 0.3 is 0 Å². The molecule has 1 fully saturated rings. The molecule has 1 saturated carbocycles. The Hall–Kier alpha value is -2.21. The van der Waals surface area contributed by atoms with Crippen molar-refractivity contribution in [3.63, 3.8) is 0 Å². The lowest BCUT2D eigenvalue weighted by Crippen LogP contribution is -2.23. The number of halogens is 1. The standard InChI is InChI=1S/C20H24FN3O2/c21-16-5-3-14(4-6-16)11-22-20(25)8-7-18-17-13-26-10-9-19(17)24(23-18)12-15-1-2-15/h3-6,15H,1-2,7-13H2,(H,22,25). The van der Waals surface area contributed by atoms with Crippen molar-refractivity contribution in [1.82, 2.24) is 15.1 Å². The van der Waals surface area contributed by atoms with Crippen LogP contribution in [0.25, 0.3) is 0 Å². The zero-order valence-corrected chi connectivity index (χ0v) is 14.8. The van der Waals surface area contributed by atoms with E-state index in [1.165, 1.54) is 36.2 Å². The van der Waals surface area contributed by atoms with Gasteiger partial charge in [-0.3, -0.25) is 9.48 Å². The zero-order chi connectivity index (χ0) is 17.9. The number of carbonyl (C=O) groups is 1. The molecule has 1 N–H and O–H groups in total. The van der Waals surface area contributed by atoms with E-state index in [4.69, 9.17) is 9.84 Å². The van der Waals surface area contributed by atoms with Crippen LogP contribution in [0.5, 0.6) is 0 Å². The average Bonchev–Trinajstić information content (AvgIpc) is 3.41. The molecule has 1 aliphatic heterocycles. The molecule has 6 heteroatoms. The summed E-state index contributed by atoms with van der Waals surface area (Å²) in [4.78, 5) is 12.2. The Kier molecular flexibility index (Phi) is 5.02. The fourth-order valence-electron chi connectivity index (χ4n) is 3.40. The Balaban J connectivity index is 1.34. The lowest BCUT2D eigenvalue weighted by atomic mass is 10.1. The second kappa shape index (κ2) is 7.58. The second-order valence-corrected chi connectivity index (χ2v) is 7.20. The first kappa shape index (κ1) is 17.2. The Morgan fingerprint density at radius 3 is 2.88 bits per heavy atom. The molecule has 0 saturated heterocycles. The Morgan fingerprint density at radius 2 is 2.12 bits per heavy atom. The first-order valence-corrected chi connectivity index (χ1v) is 9.35. The molecule has 0 spiro atoms. The third-order valence-electron chi connectivity index (χ3n) is 5.10. The molecule has 0 bridgehead atoms. The summed E-state index contributed by atoms with van der Waals surface area (Å²) in [6, 6.07) is 6.17. The number of nitrogens with zero attached hydrogens (tertiary/aromatic N) is 2.